The molecule has 0 bridgehead atoms. The Morgan fingerprint density at radius 2 is 2.27 bits per heavy atom. The zero-order valence-corrected chi connectivity index (χ0v) is 7.96. The quantitative estimate of drug-likeness (QED) is 0.743. The van der Waals surface area contributed by atoms with Crippen molar-refractivity contribution in [1.82, 2.24) is 5.32 Å². The Hall–Kier alpha value is -1.71. The van der Waals surface area contributed by atoms with E-state index in [2.05, 4.69) is 10.3 Å². The van der Waals surface area contributed by atoms with Crippen LogP contribution in [0.25, 0.3) is 0 Å². The van der Waals surface area contributed by atoms with E-state index in [9.17, 15) is 0 Å². The summed E-state index contributed by atoms with van der Waals surface area (Å²) in [5.41, 5.74) is 0. The summed E-state index contributed by atoms with van der Waals surface area (Å²) < 4.78 is 41.8. The van der Waals surface area contributed by atoms with Crippen molar-refractivity contribution in [3.8, 4) is 11.5 Å². The number of nitrogens with zero attached hydrogens (tertiary/aromatic N) is 1. The van der Waals surface area contributed by atoms with Gasteiger partial charge in [-0.25, -0.2) is 0 Å². The van der Waals surface area contributed by atoms with Gasteiger partial charge < -0.3 is 14.8 Å². The van der Waals surface area contributed by atoms with E-state index in [-0.39, 0.29) is 42.3 Å². The molecule has 0 unspecified atom stereocenters. The second kappa shape index (κ2) is 3.46. The minimum Gasteiger partial charge on any atom is -0.485 e. The van der Waals surface area contributed by atoms with Crippen molar-refractivity contribution in [2.24, 2.45) is 4.99 Å². The van der Waals surface area contributed by atoms with Crippen LogP contribution in [0.2, 0.25) is 0 Å². The van der Waals surface area contributed by atoms with Gasteiger partial charge in [-0.2, -0.15) is 0 Å². The molecule has 1 N–H and O–H groups in total. The minimum absolute atomic E-state index is 0.0543. The number of para-hydroxylation sites is 2. The van der Waals surface area contributed by atoms with Gasteiger partial charge in [0.25, 0.3) is 0 Å². The van der Waals surface area contributed by atoms with E-state index in [1.54, 1.807) is 0 Å². The molecule has 0 saturated heterocycles. The number of nitrogens with one attached hydrogen (secondary N) is 1. The molecule has 0 radical (unpaired) electrons. The van der Waals surface area contributed by atoms with Gasteiger partial charge in [0.15, 0.2) is 17.6 Å². The van der Waals surface area contributed by atoms with Crippen LogP contribution < -0.4 is 14.8 Å². The van der Waals surface area contributed by atoms with Gasteiger partial charge in [-0.05, 0) is 12.1 Å². The molecule has 4 nitrogen and oxygen atoms in total. The lowest BCUT2D eigenvalue weighted by Crippen LogP contribution is -2.42. The molecule has 0 fully saturated rings. The molecule has 1 atom stereocenters. The first-order valence-electron chi connectivity index (χ1n) is 6.77. The molecule has 1 aromatic rings. The monoisotopic (exact) mass is 208 g/mol. The average molecular weight is 208 g/mol. The zero-order chi connectivity index (χ0) is 13.6. The summed E-state index contributed by atoms with van der Waals surface area (Å²) >= 11 is 0. The highest BCUT2D eigenvalue weighted by Gasteiger charge is 2.26. The second-order valence-electron chi connectivity index (χ2n) is 3.27. The third kappa shape index (κ3) is 1.52. The van der Waals surface area contributed by atoms with Crippen LogP contribution in [0.15, 0.2) is 29.2 Å². The molecule has 1 aromatic carbocycles. The molecule has 0 saturated carbocycles. The van der Waals surface area contributed by atoms with Crippen molar-refractivity contribution in [2.75, 3.05) is 19.7 Å². The fourth-order valence-corrected chi connectivity index (χ4v) is 1.58. The van der Waals surface area contributed by atoms with Crippen molar-refractivity contribution >= 4 is 5.84 Å². The van der Waals surface area contributed by atoms with E-state index in [0.29, 0.717) is 12.4 Å². The van der Waals surface area contributed by atoms with E-state index in [0.717, 1.165) is 6.54 Å². The zero-order valence-electron chi connectivity index (χ0n) is 12.0. The number of hydrogen-bond donors (Lipinski definition) is 1. The van der Waals surface area contributed by atoms with Gasteiger partial charge >= 0.3 is 0 Å². The Bertz CT molecular complexity index is 577. The van der Waals surface area contributed by atoms with Gasteiger partial charge in [-0.1, -0.05) is 12.1 Å². The van der Waals surface area contributed by atoms with Crippen molar-refractivity contribution in [2.45, 2.75) is 6.10 Å². The van der Waals surface area contributed by atoms with E-state index in [1.165, 1.54) is 0 Å². The lowest BCUT2D eigenvalue weighted by Gasteiger charge is -2.26. The first-order chi connectivity index (χ1) is 9.09. The van der Waals surface area contributed by atoms with Gasteiger partial charge in [0, 0.05) is 6.54 Å². The lowest BCUT2D eigenvalue weighted by atomic mass is 10.2. The average Bonchev–Trinajstić information content (AvgIpc) is 2.96. The molecule has 0 spiro atoms. The standard InChI is InChI=1S/C11H12N2O2/c1-2-4-9-8(3-1)14-7-10(15-9)11-12-5-6-13-11/h1-4,10H,5-7H2,(H,12,13)/t10-/m0/s1/i1D,2D,3D,4D. The molecule has 2 aliphatic heterocycles. The molecule has 15 heavy (non-hydrogen) atoms. The van der Waals surface area contributed by atoms with Crippen molar-refractivity contribution < 1.29 is 15.0 Å². The number of fused-ring (bicyclic) bond motifs is 1. The number of aliphatic imine (C=N–C) groups is 1. The van der Waals surface area contributed by atoms with Gasteiger partial charge in [0.1, 0.15) is 12.4 Å². The fraction of sp³-hybridized carbons (Fsp3) is 0.364. The summed E-state index contributed by atoms with van der Waals surface area (Å²) in [7, 11) is 0. The molecular weight excluding hydrogens is 192 g/mol. The predicted molar refractivity (Wildman–Crippen MR) is 56.7 cm³/mol. The first kappa shape index (κ1) is 5.39. The highest BCUT2D eigenvalue weighted by molar-refractivity contribution is 5.88. The van der Waals surface area contributed by atoms with E-state index >= 15 is 0 Å². The third-order valence-corrected chi connectivity index (χ3v) is 2.26. The molecule has 0 aliphatic carbocycles. The van der Waals surface area contributed by atoms with Crippen LogP contribution in [0, 0.1) is 0 Å². The Morgan fingerprint density at radius 1 is 1.40 bits per heavy atom. The normalized spacial score (nSPS) is 26.9. The van der Waals surface area contributed by atoms with Gasteiger partial charge in [0.05, 0.1) is 12.0 Å². The van der Waals surface area contributed by atoms with Crippen LogP contribution in [0.1, 0.15) is 5.48 Å². The Morgan fingerprint density at radius 3 is 3.07 bits per heavy atom. The molecule has 0 aromatic heterocycles. The summed E-state index contributed by atoms with van der Waals surface area (Å²) in [5, 5.41) is 3.07. The number of hydrogen-bond acceptors (Lipinski definition) is 4. The van der Waals surface area contributed by atoms with Crippen LogP contribution in [0.3, 0.4) is 0 Å². The Labute approximate surface area is 93.5 Å². The van der Waals surface area contributed by atoms with E-state index in [1.807, 2.05) is 0 Å². The highest BCUT2D eigenvalue weighted by Crippen LogP contribution is 2.31. The van der Waals surface area contributed by atoms with Crippen molar-refractivity contribution in [3.63, 3.8) is 0 Å². The van der Waals surface area contributed by atoms with E-state index < -0.39 is 6.10 Å². The molecular formula is C11H12N2O2. The largest absolute Gasteiger partial charge is 0.485 e. The molecule has 4 heteroatoms. The first-order valence-corrected chi connectivity index (χ1v) is 4.77. The summed E-state index contributed by atoms with van der Waals surface area (Å²) in [5.74, 6) is 0.789. The van der Waals surface area contributed by atoms with Crippen molar-refractivity contribution in [3.05, 3.63) is 24.2 Å². The van der Waals surface area contributed by atoms with Gasteiger partial charge in [-0.15, -0.1) is 0 Å². The summed E-state index contributed by atoms with van der Waals surface area (Å²) in [6.45, 7) is 1.60. The lowest BCUT2D eigenvalue weighted by molar-refractivity contribution is 0.133. The second-order valence-corrected chi connectivity index (χ2v) is 3.27. The van der Waals surface area contributed by atoms with Gasteiger partial charge in [-0.3, -0.25) is 4.99 Å². The third-order valence-electron chi connectivity index (χ3n) is 2.26. The fourth-order valence-electron chi connectivity index (χ4n) is 1.58. The maximum Gasteiger partial charge on any atom is 0.189 e. The molecule has 0 amide bonds. The SMILES string of the molecule is [2H]c1c([2H])c([2H])c2c(c1[2H])OC[C@@H](C1=NCCN1)O2. The number of ether oxygens (including phenoxy) is 2. The van der Waals surface area contributed by atoms with Gasteiger partial charge in [0.2, 0.25) is 0 Å². The van der Waals surface area contributed by atoms with Crippen molar-refractivity contribution in [1.29, 1.82) is 0 Å². The predicted octanol–water partition coefficient (Wildman–Crippen LogP) is 0.828. The van der Waals surface area contributed by atoms with E-state index in [4.69, 9.17) is 15.0 Å². The molecule has 78 valence electrons. The minimum atomic E-state index is -0.450. The Kier molecular flexibility index (Phi) is 1.24. The molecule has 3 rings (SSSR count). The summed E-state index contributed by atoms with van der Waals surface area (Å²) in [6, 6.07) is -1.08. The number of benzene rings is 1. The molecule has 2 heterocycles. The Balaban J connectivity index is 2.01. The van der Waals surface area contributed by atoms with Crippen LogP contribution in [-0.4, -0.2) is 31.6 Å². The van der Waals surface area contributed by atoms with Crippen LogP contribution >= 0.6 is 0 Å². The van der Waals surface area contributed by atoms with Crippen LogP contribution in [-0.2, 0) is 0 Å². The number of amidine groups is 1. The maximum atomic E-state index is 7.82. The highest BCUT2D eigenvalue weighted by atomic mass is 16.6. The van der Waals surface area contributed by atoms with Crippen LogP contribution in [0.5, 0.6) is 11.5 Å². The van der Waals surface area contributed by atoms with Crippen LogP contribution in [0.4, 0.5) is 0 Å². The smallest absolute Gasteiger partial charge is 0.189 e. The topological polar surface area (TPSA) is 42.8 Å². The maximum absolute atomic E-state index is 7.82. The number of rotatable bonds is 1. The molecule has 2 aliphatic rings. The summed E-state index contributed by atoms with van der Waals surface area (Å²) in [6.07, 6.45) is -0.450. The summed E-state index contributed by atoms with van der Waals surface area (Å²) in [4.78, 5) is 4.23.